The van der Waals surface area contributed by atoms with Gasteiger partial charge in [0.25, 0.3) is 0 Å². The van der Waals surface area contributed by atoms with E-state index in [4.69, 9.17) is 5.26 Å². The minimum absolute atomic E-state index is 0.180. The summed E-state index contributed by atoms with van der Waals surface area (Å²) in [5, 5.41) is 8.39. The maximum atomic E-state index is 12.2. The average Bonchev–Trinajstić information content (AvgIpc) is 2.14. The molecule has 1 aliphatic heterocycles. The Hall–Kier alpha value is -0.410. The maximum absolute atomic E-state index is 12.2. The molecule has 1 saturated heterocycles. The van der Waals surface area contributed by atoms with Gasteiger partial charge in [0.2, 0.25) is 0 Å². The average molecular weight is 224 g/mol. The van der Waals surface area contributed by atoms with Crippen molar-refractivity contribution in [1.29, 1.82) is 5.26 Å². The molecule has 14 heavy (non-hydrogen) atoms. The van der Waals surface area contributed by atoms with E-state index in [9.17, 15) is 13.2 Å². The second-order valence-corrected chi connectivity index (χ2v) is 4.36. The van der Waals surface area contributed by atoms with E-state index in [-0.39, 0.29) is 6.54 Å². The van der Waals surface area contributed by atoms with Crippen LogP contribution in [0.25, 0.3) is 0 Å². The Labute approximate surface area is 85.1 Å². The van der Waals surface area contributed by atoms with Gasteiger partial charge in [0.15, 0.2) is 5.92 Å². The first kappa shape index (κ1) is 11.7. The van der Waals surface area contributed by atoms with Crippen LogP contribution in [0.4, 0.5) is 13.2 Å². The van der Waals surface area contributed by atoms with Gasteiger partial charge in [-0.25, -0.2) is 0 Å². The van der Waals surface area contributed by atoms with Crippen LogP contribution in [-0.4, -0.2) is 42.2 Å². The Balaban J connectivity index is 2.44. The zero-order valence-electron chi connectivity index (χ0n) is 7.55. The number of halogens is 3. The lowest BCUT2D eigenvalue weighted by Gasteiger charge is -2.28. The van der Waals surface area contributed by atoms with Crippen molar-refractivity contribution in [2.75, 3.05) is 31.1 Å². The van der Waals surface area contributed by atoms with Crippen LogP contribution < -0.4 is 0 Å². The predicted molar refractivity (Wildman–Crippen MR) is 48.9 cm³/mol. The molecule has 0 bridgehead atoms. The first-order chi connectivity index (χ1) is 6.54. The summed E-state index contributed by atoms with van der Waals surface area (Å²) in [6.07, 6.45) is -4.39. The number of hydrogen-bond acceptors (Lipinski definition) is 3. The third-order valence-electron chi connectivity index (χ3n) is 2.10. The lowest BCUT2D eigenvalue weighted by molar-refractivity contribution is -0.162. The molecule has 80 valence electrons. The number of thioether (sulfide) groups is 1. The lowest BCUT2D eigenvalue weighted by atomic mass is 10.1. The van der Waals surface area contributed by atoms with E-state index < -0.39 is 12.1 Å². The summed E-state index contributed by atoms with van der Waals surface area (Å²) in [4.78, 5) is 1.71. The van der Waals surface area contributed by atoms with Crippen molar-refractivity contribution in [2.45, 2.75) is 6.18 Å². The molecule has 0 radical (unpaired) electrons. The topological polar surface area (TPSA) is 27.0 Å². The van der Waals surface area contributed by atoms with Crippen LogP contribution in [0.2, 0.25) is 0 Å². The minimum atomic E-state index is -4.39. The Kier molecular flexibility index (Phi) is 4.08. The van der Waals surface area contributed by atoms with Gasteiger partial charge in [-0.15, -0.1) is 0 Å². The molecular formula is C8H11F3N2S. The number of alkyl halides is 3. The van der Waals surface area contributed by atoms with Gasteiger partial charge in [-0.2, -0.15) is 30.2 Å². The Morgan fingerprint density at radius 2 is 1.93 bits per heavy atom. The van der Waals surface area contributed by atoms with E-state index in [1.807, 2.05) is 0 Å². The van der Waals surface area contributed by atoms with E-state index in [0.29, 0.717) is 13.1 Å². The van der Waals surface area contributed by atoms with Gasteiger partial charge in [-0.3, -0.25) is 0 Å². The summed E-state index contributed by atoms with van der Waals surface area (Å²) in [7, 11) is 0. The first-order valence-electron chi connectivity index (χ1n) is 4.30. The highest BCUT2D eigenvalue weighted by Gasteiger charge is 2.40. The molecular weight excluding hydrogens is 213 g/mol. The SMILES string of the molecule is N#CC(CN1CCSCC1)C(F)(F)F. The molecule has 0 aromatic carbocycles. The zero-order chi connectivity index (χ0) is 10.6. The number of hydrogen-bond donors (Lipinski definition) is 0. The standard InChI is InChI=1S/C8H11F3N2S/c9-8(10,11)7(5-12)6-13-1-3-14-4-2-13/h7H,1-4,6H2. The number of nitrogens with zero attached hydrogens (tertiary/aromatic N) is 2. The van der Waals surface area contributed by atoms with Crippen molar-refractivity contribution in [3.8, 4) is 6.07 Å². The lowest BCUT2D eigenvalue weighted by Crippen LogP contribution is -2.40. The first-order valence-corrected chi connectivity index (χ1v) is 5.46. The molecule has 0 aliphatic carbocycles. The van der Waals surface area contributed by atoms with Crippen molar-refractivity contribution in [3.05, 3.63) is 0 Å². The van der Waals surface area contributed by atoms with Crippen LogP contribution in [0, 0.1) is 17.2 Å². The highest BCUT2D eigenvalue weighted by molar-refractivity contribution is 7.99. The highest BCUT2D eigenvalue weighted by atomic mass is 32.2. The molecule has 1 fully saturated rings. The van der Waals surface area contributed by atoms with Crippen LogP contribution >= 0.6 is 11.8 Å². The van der Waals surface area contributed by atoms with Crippen molar-refractivity contribution in [3.63, 3.8) is 0 Å². The molecule has 1 unspecified atom stereocenters. The molecule has 0 N–H and O–H groups in total. The smallest absolute Gasteiger partial charge is 0.300 e. The molecule has 0 aromatic rings. The van der Waals surface area contributed by atoms with E-state index in [1.165, 1.54) is 6.07 Å². The molecule has 6 heteroatoms. The fraction of sp³-hybridized carbons (Fsp3) is 0.875. The van der Waals surface area contributed by atoms with Gasteiger partial charge in [-0.05, 0) is 0 Å². The van der Waals surface area contributed by atoms with E-state index in [0.717, 1.165) is 11.5 Å². The summed E-state index contributed by atoms with van der Waals surface area (Å²) in [6.45, 7) is 1.12. The fourth-order valence-corrected chi connectivity index (χ4v) is 2.24. The van der Waals surface area contributed by atoms with Gasteiger partial charge in [0, 0.05) is 31.1 Å². The molecule has 1 heterocycles. The minimum Gasteiger partial charge on any atom is -0.300 e. The highest BCUT2D eigenvalue weighted by Crippen LogP contribution is 2.27. The number of nitriles is 1. The van der Waals surface area contributed by atoms with Crippen molar-refractivity contribution in [1.82, 2.24) is 4.90 Å². The van der Waals surface area contributed by atoms with E-state index in [1.54, 1.807) is 16.7 Å². The molecule has 0 saturated carbocycles. The van der Waals surface area contributed by atoms with Crippen LogP contribution in [0.5, 0.6) is 0 Å². The monoisotopic (exact) mass is 224 g/mol. The second kappa shape index (κ2) is 4.89. The Bertz CT molecular complexity index is 218. The molecule has 0 aromatic heterocycles. The molecule has 0 amide bonds. The fourth-order valence-electron chi connectivity index (χ4n) is 1.26. The zero-order valence-corrected chi connectivity index (χ0v) is 8.37. The van der Waals surface area contributed by atoms with Gasteiger partial charge >= 0.3 is 6.18 Å². The van der Waals surface area contributed by atoms with Crippen LogP contribution in [0.1, 0.15) is 0 Å². The molecule has 1 rings (SSSR count). The van der Waals surface area contributed by atoms with Crippen LogP contribution in [-0.2, 0) is 0 Å². The van der Waals surface area contributed by atoms with Crippen molar-refractivity contribution < 1.29 is 13.2 Å². The van der Waals surface area contributed by atoms with E-state index in [2.05, 4.69) is 0 Å². The van der Waals surface area contributed by atoms with Gasteiger partial charge < -0.3 is 4.90 Å². The second-order valence-electron chi connectivity index (χ2n) is 3.14. The van der Waals surface area contributed by atoms with Gasteiger partial charge in [0.05, 0.1) is 6.07 Å². The Morgan fingerprint density at radius 1 is 1.36 bits per heavy atom. The normalized spacial score (nSPS) is 21.6. The largest absolute Gasteiger partial charge is 0.405 e. The summed E-state index contributed by atoms with van der Waals surface area (Å²) in [5.74, 6) is -0.128. The van der Waals surface area contributed by atoms with Gasteiger partial charge in [-0.1, -0.05) is 0 Å². The summed E-state index contributed by atoms with van der Waals surface area (Å²) in [5.41, 5.74) is 0. The predicted octanol–water partition coefficient (Wildman–Crippen LogP) is 1.74. The molecule has 2 nitrogen and oxygen atoms in total. The summed E-state index contributed by atoms with van der Waals surface area (Å²) >= 11 is 1.74. The quantitative estimate of drug-likeness (QED) is 0.715. The van der Waals surface area contributed by atoms with Crippen molar-refractivity contribution in [2.24, 2.45) is 5.92 Å². The van der Waals surface area contributed by atoms with Gasteiger partial charge in [0.1, 0.15) is 0 Å². The molecule has 1 aliphatic rings. The van der Waals surface area contributed by atoms with E-state index >= 15 is 0 Å². The third kappa shape index (κ3) is 3.39. The third-order valence-corrected chi connectivity index (χ3v) is 3.04. The maximum Gasteiger partial charge on any atom is 0.405 e. The van der Waals surface area contributed by atoms with Crippen molar-refractivity contribution >= 4 is 11.8 Å². The number of rotatable bonds is 2. The summed E-state index contributed by atoms with van der Waals surface area (Å²) < 4.78 is 36.7. The Morgan fingerprint density at radius 3 is 2.36 bits per heavy atom. The summed E-state index contributed by atoms with van der Waals surface area (Å²) in [6, 6.07) is 1.32. The molecule has 0 spiro atoms. The van der Waals surface area contributed by atoms with Crippen LogP contribution in [0.15, 0.2) is 0 Å². The van der Waals surface area contributed by atoms with Crippen LogP contribution in [0.3, 0.4) is 0 Å². The molecule has 1 atom stereocenters.